The molecule has 0 saturated carbocycles. The number of rotatable bonds is 9. The summed E-state index contributed by atoms with van der Waals surface area (Å²) in [4.78, 5) is 34.6. The van der Waals surface area contributed by atoms with Gasteiger partial charge in [0.2, 0.25) is 11.8 Å². The number of carbonyl (C=O) groups is 2. The van der Waals surface area contributed by atoms with E-state index in [4.69, 9.17) is 11.6 Å². The van der Waals surface area contributed by atoms with Crippen molar-refractivity contribution in [2.24, 2.45) is 0 Å². The molecular formula is C37H46ClN5O2. The van der Waals surface area contributed by atoms with Crippen molar-refractivity contribution in [1.29, 1.82) is 0 Å². The van der Waals surface area contributed by atoms with Crippen molar-refractivity contribution < 1.29 is 9.59 Å². The fraction of sp³-hybridized carbons (Fsp3) is 0.459. The number of hydrogen-bond acceptors (Lipinski definition) is 5. The maximum atomic E-state index is 14.1. The van der Waals surface area contributed by atoms with Crippen LogP contribution in [0, 0.1) is 0 Å². The van der Waals surface area contributed by atoms with E-state index in [1.807, 2.05) is 41.3 Å². The molecule has 7 nitrogen and oxygen atoms in total. The SMILES string of the molecule is CCN(CC)C1CCc2cccc(N3CCN(C(=O)C(Cc4ccc(Cl)cc4)NC(=O)C4Cc5ccccc5CN4)CC3)c2C1. The summed E-state index contributed by atoms with van der Waals surface area (Å²) in [7, 11) is 0. The first-order valence-electron chi connectivity index (χ1n) is 16.7. The zero-order chi connectivity index (χ0) is 31.3. The van der Waals surface area contributed by atoms with Crippen LogP contribution < -0.4 is 15.5 Å². The molecule has 1 saturated heterocycles. The van der Waals surface area contributed by atoms with Gasteiger partial charge in [0.05, 0.1) is 6.04 Å². The number of aryl methyl sites for hydroxylation is 1. The topological polar surface area (TPSA) is 67.9 Å². The molecule has 1 fully saturated rings. The van der Waals surface area contributed by atoms with Crippen molar-refractivity contribution >= 4 is 29.1 Å². The zero-order valence-electron chi connectivity index (χ0n) is 26.6. The Kier molecular flexibility index (Phi) is 10.1. The molecule has 8 heteroatoms. The highest BCUT2D eigenvalue weighted by Crippen LogP contribution is 2.33. The molecule has 1 aliphatic carbocycles. The smallest absolute Gasteiger partial charge is 0.245 e. The Hall–Kier alpha value is -3.39. The lowest BCUT2D eigenvalue weighted by Crippen LogP contribution is -2.58. The minimum Gasteiger partial charge on any atom is -0.368 e. The lowest BCUT2D eigenvalue weighted by Gasteiger charge is -2.40. The van der Waals surface area contributed by atoms with Crippen molar-refractivity contribution in [3.8, 4) is 0 Å². The van der Waals surface area contributed by atoms with Gasteiger partial charge in [-0.05, 0) is 84.8 Å². The van der Waals surface area contributed by atoms with Gasteiger partial charge in [0, 0.05) is 55.9 Å². The summed E-state index contributed by atoms with van der Waals surface area (Å²) in [5.74, 6) is -0.153. The van der Waals surface area contributed by atoms with Crippen LogP contribution >= 0.6 is 11.6 Å². The minimum atomic E-state index is -0.650. The summed E-state index contributed by atoms with van der Waals surface area (Å²) in [6.07, 6.45) is 4.45. The van der Waals surface area contributed by atoms with Crippen molar-refractivity contribution in [2.45, 2.75) is 70.6 Å². The van der Waals surface area contributed by atoms with Gasteiger partial charge in [-0.3, -0.25) is 9.59 Å². The molecule has 2 aliphatic heterocycles. The highest BCUT2D eigenvalue weighted by Gasteiger charge is 2.33. The van der Waals surface area contributed by atoms with Crippen LogP contribution in [0.3, 0.4) is 0 Å². The second-order valence-electron chi connectivity index (χ2n) is 12.6. The Morgan fingerprint density at radius 2 is 1.62 bits per heavy atom. The second-order valence-corrected chi connectivity index (χ2v) is 13.1. The van der Waals surface area contributed by atoms with E-state index in [1.54, 1.807) is 0 Å². The summed E-state index contributed by atoms with van der Waals surface area (Å²) in [6, 6.07) is 22.1. The molecule has 3 aromatic rings. The molecule has 0 aromatic heterocycles. The number of carbonyl (C=O) groups excluding carboxylic acids is 2. The van der Waals surface area contributed by atoms with Gasteiger partial charge >= 0.3 is 0 Å². The number of fused-ring (bicyclic) bond motifs is 2. The van der Waals surface area contributed by atoms with Gasteiger partial charge in [-0.1, -0.05) is 74.0 Å². The number of nitrogens with one attached hydrogen (secondary N) is 2. The molecule has 0 radical (unpaired) electrons. The third-order valence-corrected chi connectivity index (χ3v) is 10.3. The Balaban J connectivity index is 1.14. The third kappa shape index (κ3) is 7.21. The van der Waals surface area contributed by atoms with Crippen molar-refractivity contribution in [3.63, 3.8) is 0 Å². The van der Waals surface area contributed by atoms with Crippen LogP contribution in [0.4, 0.5) is 5.69 Å². The molecule has 2 N–H and O–H groups in total. The Bertz CT molecular complexity index is 1480. The zero-order valence-corrected chi connectivity index (χ0v) is 27.4. The minimum absolute atomic E-state index is 0.0224. The normalized spacial score (nSPS) is 20.4. The monoisotopic (exact) mass is 627 g/mol. The Labute approximate surface area is 272 Å². The van der Waals surface area contributed by atoms with Crippen molar-refractivity contribution in [2.75, 3.05) is 44.2 Å². The van der Waals surface area contributed by atoms with E-state index in [9.17, 15) is 9.59 Å². The fourth-order valence-electron chi connectivity index (χ4n) is 7.46. The Morgan fingerprint density at radius 1 is 0.911 bits per heavy atom. The molecule has 3 unspecified atom stereocenters. The van der Waals surface area contributed by atoms with Gasteiger partial charge in [-0.2, -0.15) is 0 Å². The van der Waals surface area contributed by atoms with E-state index < -0.39 is 6.04 Å². The number of amides is 2. The largest absolute Gasteiger partial charge is 0.368 e. The summed E-state index contributed by atoms with van der Waals surface area (Å²) >= 11 is 6.15. The van der Waals surface area contributed by atoms with Gasteiger partial charge in [-0.25, -0.2) is 0 Å². The van der Waals surface area contributed by atoms with Crippen molar-refractivity contribution in [3.05, 3.63) is 99.6 Å². The van der Waals surface area contributed by atoms with Crippen LogP contribution in [0.5, 0.6) is 0 Å². The average Bonchev–Trinajstić information content (AvgIpc) is 3.08. The molecule has 6 rings (SSSR count). The van der Waals surface area contributed by atoms with E-state index in [-0.39, 0.29) is 17.9 Å². The van der Waals surface area contributed by atoms with E-state index in [0.29, 0.717) is 43.5 Å². The summed E-state index contributed by atoms with van der Waals surface area (Å²) in [5.41, 5.74) is 7.65. The lowest BCUT2D eigenvalue weighted by molar-refractivity contribution is -0.137. The number of anilines is 1. The van der Waals surface area contributed by atoms with Crippen LogP contribution in [0.15, 0.2) is 66.7 Å². The summed E-state index contributed by atoms with van der Waals surface area (Å²) < 4.78 is 0. The highest BCUT2D eigenvalue weighted by molar-refractivity contribution is 6.30. The predicted molar refractivity (Wildman–Crippen MR) is 182 cm³/mol. The van der Waals surface area contributed by atoms with Gasteiger partial charge in [0.25, 0.3) is 0 Å². The fourth-order valence-corrected chi connectivity index (χ4v) is 7.58. The third-order valence-electron chi connectivity index (χ3n) is 10.1. The molecule has 3 aliphatic rings. The lowest BCUT2D eigenvalue weighted by atomic mass is 9.86. The number of piperazine rings is 1. The van der Waals surface area contributed by atoms with E-state index in [2.05, 4.69) is 64.6 Å². The average molecular weight is 628 g/mol. The quantitative estimate of drug-likeness (QED) is 0.362. The van der Waals surface area contributed by atoms with Crippen molar-refractivity contribution in [1.82, 2.24) is 20.4 Å². The molecule has 238 valence electrons. The van der Waals surface area contributed by atoms with Crippen LogP contribution in [-0.2, 0) is 41.8 Å². The molecule has 2 heterocycles. The molecular weight excluding hydrogens is 582 g/mol. The number of halogens is 1. The van der Waals surface area contributed by atoms with Crippen LogP contribution in [-0.4, -0.2) is 79.0 Å². The standard InChI is InChI=1S/C37H46ClN5O2/c1-3-41(4-2)31-17-14-27-10-7-11-35(32(27)24-31)42-18-20-43(21-19-42)37(45)34(22-26-12-15-30(38)16-13-26)40-36(44)33-23-28-8-5-6-9-29(28)25-39-33/h5-13,15-16,31,33-34,39H,3-4,14,17-25H2,1-2H3,(H,40,44). The predicted octanol–water partition coefficient (Wildman–Crippen LogP) is 4.63. The molecule has 0 bridgehead atoms. The van der Waals surface area contributed by atoms with E-state index in [1.165, 1.54) is 34.4 Å². The number of nitrogens with zero attached hydrogens (tertiary/aromatic N) is 3. The highest BCUT2D eigenvalue weighted by atomic mass is 35.5. The first-order valence-corrected chi connectivity index (χ1v) is 17.0. The maximum Gasteiger partial charge on any atom is 0.245 e. The van der Waals surface area contributed by atoms with Gasteiger partial charge in [0.15, 0.2) is 0 Å². The van der Waals surface area contributed by atoms with Crippen LogP contribution in [0.1, 0.15) is 48.1 Å². The van der Waals surface area contributed by atoms with Gasteiger partial charge < -0.3 is 25.3 Å². The molecule has 45 heavy (non-hydrogen) atoms. The maximum absolute atomic E-state index is 14.1. The summed E-state index contributed by atoms with van der Waals surface area (Å²) in [6.45, 7) is 10.1. The summed E-state index contributed by atoms with van der Waals surface area (Å²) in [5, 5.41) is 7.17. The Morgan fingerprint density at radius 3 is 2.36 bits per heavy atom. The van der Waals surface area contributed by atoms with E-state index >= 15 is 0 Å². The second kappa shape index (κ2) is 14.4. The van der Waals surface area contributed by atoms with Gasteiger partial charge in [-0.15, -0.1) is 0 Å². The number of likely N-dealkylation sites (N-methyl/N-ethyl adjacent to an activating group) is 1. The molecule has 0 spiro atoms. The number of benzene rings is 3. The molecule has 3 aromatic carbocycles. The number of hydrogen-bond donors (Lipinski definition) is 2. The molecule has 3 atom stereocenters. The van der Waals surface area contributed by atoms with Gasteiger partial charge in [0.1, 0.15) is 6.04 Å². The molecule has 2 amide bonds. The first-order chi connectivity index (χ1) is 21.9. The van der Waals surface area contributed by atoms with E-state index in [0.717, 1.165) is 44.6 Å². The van der Waals surface area contributed by atoms with Crippen LogP contribution in [0.2, 0.25) is 5.02 Å². The first kappa shape index (κ1) is 31.6. The van der Waals surface area contributed by atoms with Crippen LogP contribution in [0.25, 0.3) is 0 Å².